The molecule has 0 aliphatic carbocycles. The standard InChI is InChI=1S/C13H20BrN3O2S/c1-16-7-5-10(6-8-16)17(2)20(18,19)11-3-4-12(14)13(15)9-11/h3-4,9-10H,5-8,15H2,1-2H3. The number of rotatable bonds is 3. The van der Waals surface area contributed by atoms with Crippen LogP contribution in [0, 0.1) is 0 Å². The Morgan fingerprint density at radius 2 is 1.95 bits per heavy atom. The van der Waals surface area contributed by atoms with Crippen LogP contribution in [-0.4, -0.2) is 50.8 Å². The summed E-state index contributed by atoms with van der Waals surface area (Å²) in [7, 11) is 0.231. The average Bonchev–Trinajstić information content (AvgIpc) is 2.41. The van der Waals surface area contributed by atoms with Gasteiger partial charge in [-0.2, -0.15) is 4.31 Å². The lowest BCUT2D eigenvalue weighted by atomic mass is 10.1. The maximum absolute atomic E-state index is 12.6. The van der Waals surface area contributed by atoms with Crippen molar-refractivity contribution in [3.8, 4) is 0 Å². The number of nitrogens with zero attached hydrogens (tertiary/aromatic N) is 2. The van der Waals surface area contributed by atoms with Crippen molar-refractivity contribution in [2.45, 2.75) is 23.8 Å². The fourth-order valence-electron chi connectivity index (χ4n) is 2.40. The van der Waals surface area contributed by atoms with Crippen LogP contribution >= 0.6 is 15.9 Å². The predicted octanol–water partition coefficient (Wildman–Crippen LogP) is 1.75. The molecule has 5 nitrogen and oxygen atoms in total. The molecule has 0 unspecified atom stereocenters. The van der Waals surface area contributed by atoms with E-state index in [1.54, 1.807) is 19.2 Å². The molecule has 1 heterocycles. The van der Waals surface area contributed by atoms with Crippen LogP contribution in [-0.2, 0) is 10.0 Å². The highest BCUT2D eigenvalue weighted by atomic mass is 79.9. The van der Waals surface area contributed by atoms with E-state index >= 15 is 0 Å². The molecule has 1 saturated heterocycles. The number of nitrogen functional groups attached to an aromatic ring is 1. The number of nitrogens with two attached hydrogens (primary N) is 1. The third kappa shape index (κ3) is 3.16. The topological polar surface area (TPSA) is 66.6 Å². The zero-order valence-corrected chi connectivity index (χ0v) is 14.1. The Bertz CT molecular complexity index is 583. The predicted molar refractivity (Wildman–Crippen MR) is 84.0 cm³/mol. The summed E-state index contributed by atoms with van der Waals surface area (Å²) in [6.45, 7) is 1.85. The third-order valence-electron chi connectivity index (χ3n) is 3.85. The normalized spacial score (nSPS) is 18.6. The molecule has 20 heavy (non-hydrogen) atoms. The molecule has 0 spiro atoms. The van der Waals surface area contributed by atoms with E-state index in [0.717, 1.165) is 25.9 Å². The van der Waals surface area contributed by atoms with E-state index in [0.29, 0.717) is 10.2 Å². The maximum Gasteiger partial charge on any atom is 0.243 e. The highest BCUT2D eigenvalue weighted by Crippen LogP contribution is 2.27. The monoisotopic (exact) mass is 361 g/mol. The van der Waals surface area contributed by atoms with E-state index < -0.39 is 10.0 Å². The summed E-state index contributed by atoms with van der Waals surface area (Å²) in [5, 5.41) is 0. The van der Waals surface area contributed by atoms with Crippen LogP contribution in [0.5, 0.6) is 0 Å². The number of halogens is 1. The Hall–Kier alpha value is -0.630. The van der Waals surface area contributed by atoms with Crippen molar-refractivity contribution in [3.05, 3.63) is 22.7 Å². The Balaban J connectivity index is 2.23. The number of hydrogen-bond donors (Lipinski definition) is 1. The summed E-state index contributed by atoms with van der Waals surface area (Å²) in [5.41, 5.74) is 6.21. The molecule has 1 aliphatic rings. The van der Waals surface area contributed by atoms with Gasteiger partial charge < -0.3 is 10.6 Å². The van der Waals surface area contributed by atoms with Crippen molar-refractivity contribution in [1.29, 1.82) is 0 Å². The van der Waals surface area contributed by atoms with Gasteiger partial charge in [-0.1, -0.05) is 0 Å². The van der Waals surface area contributed by atoms with Gasteiger partial charge in [0.05, 0.1) is 4.90 Å². The molecule has 0 amide bonds. The Morgan fingerprint density at radius 3 is 2.50 bits per heavy atom. The van der Waals surface area contributed by atoms with Crippen LogP contribution in [0.25, 0.3) is 0 Å². The Labute approximate surface area is 128 Å². The molecule has 2 N–H and O–H groups in total. The minimum atomic E-state index is -3.48. The summed E-state index contributed by atoms with van der Waals surface area (Å²) >= 11 is 3.28. The van der Waals surface area contributed by atoms with Crippen LogP contribution < -0.4 is 5.73 Å². The fraction of sp³-hybridized carbons (Fsp3) is 0.538. The van der Waals surface area contributed by atoms with E-state index in [9.17, 15) is 8.42 Å². The van der Waals surface area contributed by atoms with Gasteiger partial charge in [-0.15, -0.1) is 0 Å². The van der Waals surface area contributed by atoms with Crippen LogP contribution in [0.15, 0.2) is 27.6 Å². The first-order chi connectivity index (χ1) is 9.32. The van der Waals surface area contributed by atoms with Gasteiger partial charge in [0.15, 0.2) is 0 Å². The highest BCUT2D eigenvalue weighted by molar-refractivity contribution is 9.10. The number of sulfonamides is 1. The summed E-state index contributed by atoms with van der Waals surface area (Å²) < 4.78 is 27.4. The highest BCUT2D eigenvalue weighted by Gasteiger charge is 2.30. The Morgan fingerprint density at radius 1 is 1.35 bits per heavy atom. The quantitative estimate of drug-likeness (QED) is 0.832. The van der Waals surface area contributed by atoms with Gasteiger partial charge in [0.2, 0.25) is 10.0 Å². The second-order valence-corrected chi connectivity index (χ2v) is 8.09. The summed E-state index contributed by atoms with van der Waals surface area (Å²) in [6, 6.07) is 4.82. The molecule has 0 atom stereocenters. The summed E-state index contributed by atoms with van der Waals surface area (Å²) in [6.07, 6.45) is 1.72. The van der Waals surface area contributed by atoms with Crippen LogP contribution in [0.3, 0.4) is 0 Å². The van der Waals surface area contributed by atoms with Crippen LogP contribution in [0.2, 0.25) is 0 Å². The van der Waals surface area contributed by atoms with Crippen LogP contribution in [0.1, 0.15) is 12.8 Å². The number of piperidine rings is 1. The second kappa shape index (κ2) is 6.01. The number of hydrogen-bond acceptors (Lipinski definition) is 4. The fourth-order valence-corrected chi connectivity index (χ4v) is 4.10. The molecule has 1 aromatic rings. The molecule has 2 rings (SSSR count). The molecule has 7 heteroatoms. The van der Waals surface area contributed by atoms with Gasteiger partial charge in [0.1, 0.15) is 0 Å². The first-order valence-electron chi connectivity index (χ1n) is 6.54. The maximum atomic E-state index is 12.6. The zero-order chi connectivity index (χ0) is 14.9. The Kier molecular flexibility index (Phi) is 4.73. The number of benzene rings is 1. The number of likely N-dealkylation sites (tertiary alicyclic amines) is 1. The smallest absolute Gasteiger partial charge is 0.243 e. The van der Waals surface area contributed by atoms with Crippen molar-refractivity contribution in [3.63, 3.8) is 0 Å². The van der Waals surface area contributed by atoms with Gasteiger partial charge in [-0.05, 0) is 67.1 Å². The molecule has 1 aliphatic heterocycles. The number of anilines is 1. The molecule has 0 radical (unpaired) electrons. The van der Waals surface area contributed by atoms with E-state index in [-0.39, 0.29) is 10.9 Å². The van der Waals surface area contributed by atoms with E-state index in [1.807, 2.05) is 0 Å². The van der Waals surface area contributed by atoms with Gasteiger partial charge >= 0.3 is 0 Å². The van der Waals surface area contributed by atoms with Gasteiger partial charge in [-0.25, -0.2) is 8.42 Å². The minimum absolute atomic E-state index is 0.0565. The summed E-state index contributed by atoms with van der Waals surface area (Å²) in [5.74, 6) is 0. The van der Waals surface area contributed by atoms with E-state index in [1.165, 1.54) is 10.4 Å². The average molecular weight is 362 g/mol. The van der Waals surface area contributed by atoms with Gasteiger partial charge in [0.25, 0.3) is 0 Å². The second-order valence-electron chi connectivity index (χ2n) is 5.24. The van der Waals surface area contributed by atoms with Gasteiger partial charge in [-0.3, -0.25) is 0 Å². The van der Waals surface area contributed by atoms with Crippen molar-refractivity contribution in [1.82, 2.24) is 9.21 Å². The van der Waals surface area contributed by atoms with E-state index in [4.69, 9.17) is 5.73 Å². The molecule has 0 bridgehead atoms. The first-order valence-corrected chi connectivity index (χ1v) is 8.77. The minimum Gasteiger partial charge on any atom is -0.398 e. The molecule has 1 aromatic carbocycles. The summed E-state index contributed by atoms with van der Waals surface area (Å²) in [4.78, 5) is 2.47. The van der Waals surface area contributed by atoms with Crippen molar-refractivity contribution >= 4 is 31.6 Å². The lowest BCUT2D eigenvalue weighted by Crippen LogP contribution is -2.44. The molecule has 1 fully saturated rings. The SMILES string of the molecule is CN1CCC(N(C)S(=O)(=O)c2ccc(Br)c(N)c2)CC1. The van der Waals surface area contributed by atoms with E-state index in [2.05, 4.69) is 27.9 Å². The molecule has 112 valence electrons. The van der Waals surface area contributed by atoms with Crippen molar-refractivity contribution in [2.75, 3.05) is 32.9 Å². The third-order valence-corrected chi connectivity index (χ3v) is 6.47. The largest absolute Gasteiger partial charge is 0.398 e. The lowest BCUT2D eigenvalue weighted by molar-refractivity contribution is 0.197. The van der Waals surface area contributed by atoms with Crippen molar-refractivity contribution < 1.29 is 8.42 Å². The van der Waals surface area contributed by atoms with Crippen LogP contribution in [0.4, 0.5) is 5.69 Å². The van der Waals surface area contributed by atoms with Crippen molar-refractivity contribution in [2.24, 2.45) is 0 Å². The lowest BCUT2D eigenvalue weighted by Gasteiger charge is -2.34. The zero-order valence-electron chi connectivity index (χ0n) is 11.7. The van der Waals surface area contributed by atoms with Gasteiger partial charge in [0, 0.05) is 23.2 Å². The molecular weight excluding hydrogens is 342 g/mol. The molecule has 0 saturated carbocycles. The molecule has 0 aromatic heterocycles. The molecular formula is C13H20BrN3O2S. The first kappa shape index (κ1) is 15.8.